The van der Waals surface area contributed by atoms with Crippen LogP contribution in [0.2, 0.25) is 0 Å². The molecule has 1 aromatic carbocycles. The maximum atomic E-state index is 13.8. The summed E-state index contributed by atoms with van der Waals surface area (Å²) in [5.74, 6) is -7.87. The van der Waals surface area contributed by atoms with Gasteiger partial charge in [0, 0.05) is 74.6 Å². The molecule has 1 atom stereocenters. The van der Waals surface area contributed by atoms with Crippen LogP contribution in [-0.2, 0) is 54.3 Å². The molecule has 5 rings (SSSR count). The number of carbonyl (C=O) groups is 8. The van der Waals surface area contributed by atoms with Crippen molar-refractivity contribution in [3.8, 4) is 0 Å². The Hall–Kier alpha value is -7.15. The monoisotopic (exact) mass is 956 g/mol. The van der Waals surface area contributed by atoms with E-state index in [9.17, 15) is 56.3 Å². The number of H-pyrrole nitrogens is 1. The molecule has 3 aromatic rings. The lowest BCUT2D eigenvalue weighted by atomic mass is 9.94. The van der Waals surface area contributed by atoms with Gasteiger partial charge in [-0.1, -0.05) is 20.3 Å². The fraction of sp³-hybridized carbons (Fsp3) is 0.488. The van der Waals surface area contributed by atoms with Crippen LogP contribution >= 0.6 is 0 Å². The molecule has 0 spiro atoms. The Kier molecular flexibility index (Phi) is 17.9. The van der Waals surface area contributed by atoms with Gasteiger partial charge in [0.15, 0.2) is 17.0 Å². The van der Waals surface area contributed by atoms with Crippen molar-refractivity contribution >= 4 is 70.1 Å². The van der Waals surface area contributed by atoms with Gasteiger partial charge in [-0.3, -0.25) is 58.5 Å². The van der Waals surface area contributed by atoms with E-state index in [0.29, 0.717) is 17.7 Å². The predicted molar refractivity (Wildman–Crippen MR) is 232 cm³/mol. The molecule has 2 aliphatic rings. The highest BCUT2D eigenvalue weighted by Gasteiger charge is 2.43. The summed E-state index contributed by atoms with van der Waals surface area (Å²) in [4.78, 5) is 127. The van der Waals surface area contributed by atoms with Gasteiger partial charge in [0.1, 0.15) is 6.04 Å². The summed E-state index contributed by atoms with van der Waals surface area (Å²) in [5, 5.41) is 10.2. The average Bonchev–Trinajstić information content (AvgIpc) is 3.64. The molecule has 1 saturated carbocycles. The van der Waals surface area contributed by atoms with Gasteiger partial charge < -0.3 is 30.2 Å². The Balaban J connectivity index is 1.11. The first-order chi connectivity index (χ1) is 32.3. The van der Waals surface area contributed by atoms with Crippen LogP contribution in [0.1, 0.15) is 81.3 Å². The molecular formula is C43H51F3N10O12. The lowest BCUT2D eigenvalue weighted by molar-refractivity contribution is -0.250. The normalized spacial score (nSPS) is 15.0. The molecule has 366 valence electrons. The van der Waals surface area contributed by atoms with Crippen molar-refractivity contribution < 1.29 is 65.7 Å². The maximum absolute atomic E-state index is 13.8. The summed E-state index contributed by atoms with van der Waals surface area (Å²) in [6, 6.07) is 3.01. The van der Waals surface area contributed by atoms with E-state index < -0.39 is 77.4 Å². The minimum absolute atomic E-state index is 0.0447. The van der Waals surface area contributed by atoms with Crippen molar-refractivity contribution in [3.63, 3.8) is 0 Å². The second kappa shape index (κ2) is 23.5. The Morgan fingerprint density at radius 2 is 1.50 bits per heavy atom. The molecule has 1 aliphatic heterocycles. The Morgan fingerprint density at radius 3 is 2.09 bits per heavy atom. The molecule has 22 nitrogen and oxygen atoms in total. The summed E-state index contributed by atoms with van der Waals surface area (Å²) < 4.78 is 58.4. The number of halogens is 3. The minimum Gasteiger partial charge on any atom is -0.467 e. The van der Waals surface area contributed by atoms with Crippen molar-refractivity contribution in [1.82, 2.24) is 40.8 Å². The first-order valence-electron chi connectivity index (χ1n) is 21.6. The van der Waals surface area contributed by atoms with E-state index in [1.807, 2.05) is 0 Å². The summed E-state index contributed by atoms with van der Waals surface area (Å²) >= 11 is 0. The highest BCUT2D eigenvalue weighted by Crippen LogP contribution is 2.33. The zero-order valence-electron chi connectivity index (χ0n) is 37.4. The van der Waals surface area contributed by atoms with Gasteiger partial charge in [-0.05, 0) is 43.5 Å². The third-order valence-electron chi connectivity index (χ3n) is 10.6. The molecule has 7 amide bonds. The number of ether oxygens (including phenoxy) is 3. The second-order valence-corrected chi connectivity index (χ2v) is 15.9. The topological polar surface area (TPSA) is 290 Å². The lowest BCUT2D eigenvalue weighted by Gasteiger charge is -2.37. The van der Waals surface area contributed by atoms with E-state index >= 15 is 0 Å². The number of anilines is 2. The molecule has 0 unspecified atom stereocenters. The summed E-state index contributed by atoms with van der Waals surface area (Å²) in [5.41, 5.74) is -2.14. The van der Waals surface area contributed by atoms with Crippen molar-refractivity contribution in [3.05, 3.63) is 64.2 Å². The lowest BCUT2D eigenvalue weighted by Crippen LogP contribution is -2.43. The van der Waals surface area contributed by atoms with E-state index in [0.717, 1.165) is 73.9 Å². The van der Waals surface area contributed by atoms with Crippen LogP contribution in [0.4, 0.5) is 24.8 Å². The first kappa shape index (κ1) is 51.8. The smallest absolute Gasteiger partial charge is 0.467 e. The quantitative estimate of drug-likeness (QED) is 0.0415. The second-order valence-electron chi connectivity index (χ2n) is 15.9. The van der Waals surface area contributed by atoms with Crippen LogP contribution in [0.5, 0.6) is 0 Å². The van der Waals surface area contributed by atoms with E-state index in [1.165, 1.54) is 0 Å². The number of amides is 7. The highest BCUT2D eigenvalue weighted by molar-refractivity contribution is 6.13. The molecule has 1 aliphatic carbocycles. The average molecular weight is 957 g/mol. The van der Waals surface area contributed by atoms with Crippen LogP contribution in [0.15, 0.2) is 47.4 Å². The van der Waals surface area contributed by atoms with Gasteiger partial charge in [0.05, 0.1) is 38.8 Å². The SMILES string of the molecule is COC(=O)[C@H](CCC(=O)NCCOC1(OCCNC(=O)CCN2C(=O)C=CC2=O)CCCCC1)NC(=O)c1ccc(N(Cc2cnc3nc(NC(=O)C(C)C)[nH]c(=O)c3n2)C(=O)C(F)(F)F)cc1. The molecule has 5 N–H and O–H groups in total. The van der Waals surface area contributed by atoms with Gasteiger partial charge in [-0.25, -0.2) is 14.8 Å². The summed E-state index contributed by atoms with van der Waals surface area (Å²) in [6.07, 6.45) is 1.26. The number of methoxy groups -OCH3 is 1. The fourth-order valence-corrected chi connectivity index (χ4v) is 6.96. The summed E-state index contributed by atoms with van der Waals surface area (Å²) in [6.45, 7) is 2.78. The van der Waals surface area contributed by atoms with Gasteiger partial charge in [0.25, 0.3) is 23.3 Å². The van der Waals surface area contributed by atoms with Crippen molar-refractivity contribution in [2.75, 3.05) is 50.2 Å². The Labute approximate surface area is 386 Å². The van der Waals surface area contributed by atoms with Crippen LogP contribution in [0.25, 0.3) is 11.2 Å². The molecule has 68 heavy (non-hydrogen) atoms. The third-order valence-corrected chi connectivity index (χ3v) is 10.6. The Bertz CT molecular complexity index is 2440. The number of hydrogen-bond acceptors (Lipinski definition) is 15. The number of hydrogen-bond donors (Lipinski definition) is 5. The summed E-state index contributed by atoms with van der Waals surface area (Å²) in [7, 11) is 1.08. The fourth-order valence-electron chi connectivity index (χ4n) is 6.96. The number of nitrogens with zero attached hydrogens (tertiary/aromatic N) is 5. The van der Waals surface area contributed by atoms with Gasteiger partial charge in [-0.15, -0.1) is 0 Å². The number of rotatable bonds is 22. The molecule has 25 heteroatoms. The number of fused-ring (bicyclic) bond motifs is 1. The number of esters is 1. The first-order valence-corrected chi connectivity index (χ1v) is 21.6. The third kappa shape index (κ3) is 14.4. The van der Waals surface area contributed by atoms with Crippen LogP contribution in [0, 0.1) is 5.92 Å². The van der Waals surface area contributed by atoms with Gasteiger partial charge in [0.2, 0.25) is 23.7 Å². The maximum Gasteiger partial charge on any atom is 0.471 e. The van der Waals surface area contributed by atoms with Crippen LogP contribution in [0.3, 0.4) is 0 Å². The molecule has 0 radical (unpaired) electrons. The molecule has 2 aromatic heterocycles. The van der Waals surface area contributed by atoms with E-state index in [-0.39, 0.29) is 92.1 Å². The number of carbonyl (C=O) groups excluding carboxylic acids is 8. The molecule has 0 bridgehead atoms. The van der Waals surface area contributed by atoms with E-state index in [4.69, 9.17) is 14.2 Å². The van der Waals surface area contributed by atoms with E-state index in [2.05, 4.69) is 41.2 Å². The molecule has 1 fully saturated rings. The number of benzene rings is 1. The van der Waals surface area contributed by atoms with Crippen molar-refractivity contribution in [2.45, 2.75) is 89.8 Å². The molecule has 0 saturated heterocycles. The van der Waals surface area contributed by atoms with Crippen LogP contribution < -0.4 is 31.7 Å². The van der Waals surface area contributed by atoms with E-state index in [1.54, 1.807) is 13.8 Å². The largest absolute Gasteiger partial charge is 0.471 e. The van der Waals surface area contributed by atoms with Crippen molar-refractivity contribution in [2.24, 2.45) is 5.92 Å². The number of imide groups is 1. The number of aromatic amines is 1. The molecule has 3 heterocycles. The zero-order valence-corrected chi connectivity index (χ0v) is 37.4. The van der Waals surface area contributed by atoms with Gasteiger partial charge in [-0.2, -0.15) is 18.2 Å². The molecular weight excluding hydrogens is 906 g/mol. The standard InChI is InChI=1S/C43H51F3N10O12/c1-25(2)36(61)53-41-52-35-34(38(63)54-41)50-27(23-49-35)24-56(40(65)43(44,45)46)28-9-7-26(8-10-28)37(62)51-29(39(64)66-3)11-12-30(57)47-18-21-67-42(16-5-4-6-17-42)68-22-19-48-31(58)15-20-55-32(59)13-14-33(55)60/h7-10,13-14,23,25,29H,4-6,11-12,15-22,24H2,1-3H3,(H,47,57)(H,48,58)(H,51,62)(H2,49,52,53,54,61,63)/t29-/m0/s1. The predicted octanol–water partition coefficient (Wildman–Crippen LogP) is 1.70. The zero-order chi connectivity index (χ0) is 49.6. The number of nitrogens with one attached hydrogen (secondary N) is 5. The number of aromatic nitrogens is 4. The highest BCUT2D eigenvalue weighted by atomic mass is 19.4. The van der Waals surface area contributed by atoms with Crippen molar-refractivity contribution in [1.29, 1.82) is 0 Å². The van der Waals surface area contributed by atoms with Gasteiger partial charge >= 0.3 is 18.1 Å². The Morgan fingerprint density at radius 1 is 0.882 bits per heavy atom. The number of alkyl halides is 3. The van der Waals surface area contributed by atoms with Crippen LogP contribution in [-0.4, -0.2) is 130 Å². The minimum atomic E-state index is -5.35.